The largest absolute Gasteiger partial charge is 0.325 e. The van der Waals surface area contributed by atoms with Crippen LogP contribution in [0.3, 0.4) is 0 Å². The van der Waals surface area contributed by atoms with Crippen molar-refractivity contribution in [3.05, 3.63) is 41.5 Å². The minimum Gasteiger partial charge on any atom is -0.325 e. The molecule has 0 bridgehead atoms. The Kier molecular flexibility index (Phi) is 3.78. The second kappa shape index (κ2) is 5.34. The monoisotopic (exact) mass is 269 g/mol. The first-order valence-electron chi connectivity index (χ1n) is 5.96. The standard InChI is InChI=1S/C13H14F3N3/c1-3-4-19-7-8(2)17-13(19)18-9-5-10(14)12(16)11(15)6-9/h5-7H,3-4H2,1-2H3,(H,17,18). The molecule has 0 saturated carbocycles. The van der Waals surface area contributed by atoms with Crippen molar-refractivity contribution in [2.75, 3.05) is 5.32 Å². The predicted octanol–water partition coefficient (Wildman–Crippen LogP) is 3.76. The van der Waals surface area contributed by atoms with E-state index in [1.54, 1.807) is 0 Å². The molecule has 102 valence electrons. The Morgan fingerprint density at radius 3 is 2.42 bits per heavy atom. The fourth-order valence-corrected chi connectivity index (χ4v) is 1.81. The molecule has 0 unspecified atom stereocenters. The summed E-state index contributed by atoms with van der Waals surface area (Å²) in [6.45, 7) is 4.56. The number of halogens is 3. The van der Waals surface area contributed by atoms with Crippen molar-refractivity contribution in [1.82, 2.24) is 9.55 Å². The van der Waals surface area contributed by atoms with Crippen LogP contribution in [-0.2, 0) is 6.54 Å². The van der Waals surface area contributed by atoms with E-state index < -0.39 is 17.5 Å². The first kappa shape index (κ1) is 13.5. The second-order valence-corrected chi connectivity index (χ2v) is 4.28. The van der Waals surface area contributed by atoms with Crippen molar-refractivity contribution in [2.24, 2.45) is 0 Å². The Morgan fingerprint density at radius 2 is 1.84 bits per heavy atom. The van der Waals surface area contributed by atoms with Crippen LogP contribution in [0.5, 0.6) is 0 Å². The van der Waals surface area contributed by atoms with Crippen LogP contribution in [0.2, 0.25) is 0 Å². The van der Waals surface area contributed by atoms with Gasteiger partial charge in [0.1, 0.15) is 0 Å². The minimum atomic E-state index is -1.47. The van der Waals surface area contributed by atoms with Crippen molar-refractivity contribution in [3.63, 3.8) is 0 Å². The molecule has 0 spiro atoms. The van der Waals surface area contributed by atoms with Gasteiger partial charge < -0.3 is 9.88 Å². The highest BCUT2D eigenvalue weighted by Crippen LogP contribution is 2.21. The lowest BCUT2D eigenvalue weighted by atomic mass is 10.3. The molecule has 0 fully saturated rings. The van der Waals surface area contributed by atoms with Gasteiger partial charge in [0, 0.05) is 30.6 Å². The van der Waals surface area contributed by atoms with Gasteiger partial charge in [0.25, 0.3) is 0 Å². The molecule has 6 heteroatoms. The van der Waals surface area contributed by atoms with E-state index in [1.165, 1.54) is 0 Å². The zero-order chi connectivity index (χ0) is 14.0. The zero-order valence-corrected chi connectivity index (χ0v) is 10.7. The lowest BCUT2D eigenvalue weighted by Crippen LogP contribution is -2.04. The zero-order valence-electron chi connectivity index (χ0n) is 10.7. The maximum Gasteiger partial charge on any atom is 0.207 e. The van der Waals surface area contributed by atoms with E-state index in [2.05, 4.69) is 10.3 Å². The number of aryl methyl sites for hydroxylation is 2. The summed E-state index contributed by atoms with van der Waals surface area (Å²) in [5.41, 5.74) is 0.915. The van der Waals surface area contributed by atoms with Gasteiger partial charge in [0.15, 0.2) is 17.5 Å². The summed E-state index contributed by atoms with van der Waals surface area (Å²) in [6, 6.07) is 1.80. The minimum absolute atomic E-state index is 0.124. The highest BCUT2D eigenvalue weighted by molar-refractivity contribution is 5.54. The third-order valence-electron chi connectivity index (χ3n) is 2.60. The van der Waals surface area contributed by atoms with Gasteiger partial charge in [-0.15, -0.1) is 0 Å². The van der Waals surface area contributed by atoms with E-state index in [9.17, 15) is 13.2 Å². The number of nitrogens with zero attached hydrogens (tertiary/aromatic N) is 2. The SMILES string of the molecule is CCCn1cc(C)nc1Nc1cc(F)c(F)c(F)c1. The van der Waals surface area contributed by atoms with Crippen molar-refractivity contribution in [1.29, 1.82) is 0 Å². The number of hydrogen-bond acceptors (Lipinski definition) is 2. The van der Waals surface area contributed by atoms with Gasteiger partial charge in [0.2, 0.25) is 5.95 Å². The first-order chi connectivity index (χ1) is 9.01. The van der Waals surface area contributed by atoms with E-state index in [-0.39, 0.29) is 5.69 Å². The van der Waals surface area contributed by atoms with Gasteiger partial charge in [-0.1, -0.05) is 6.92 Å². The number of hydrogen-bond donors (Lipinski definition) is 1. The number of anilines is 2. The normalized spacial score (nSPS) is 10.8. The van der Waals surface area contributed by atoms with E-state index in [4.69, 9.17) is 0 Å². The summed E-state index contributed by atoms with van der Waals surface area (Å²) in [4.78, 5) is 4.22. The molecule has 0 amide bonds. The molecule has 0 radical (unpaired) electrons. The lowest BCUT2D eigenvalue weighted by Gasteiger charge is -2.09. The van der Waals surface area contributed by atoms with Gasteiger partial charge in [-0.05, 0) is 13.3 Å². The number of rotatable bonds is 4. The lowest BCUT2D eigenvalue weighted by molar-refractivity contribution is 0.448. The third kappa shape index (κ3) is 2.89. The van der Waals surface area contributed by atoms with Crippen molar-refractivity contribution >= 4 is 11.6 Å². The summed E-state index contributed by atoms with van der Waals surface area (Å²) in [5, 5.41) is 2.79. The van der Waals surface area contributed by atoms with Crippen LogP contribution >= 0.6 is 0 Å². The number of imidazole rings is 1. The van der Waals surface area contributed by atoms with Crippen LogP contribution in [0.25, 0.3) is 0 Å². The number of nitrogens with one attached hydrogen (secondary N) is 1. The quantitative estimate of drug-likeness (QED) is 0.856. The van der Waals surface area contributed by atoms with Crippen molar-refractivity contribution < 1.29 is 13.2 Å². The molecule has 3 nitrogen and oxygen atoms in total. The molecular weight excluding hydrogens is 255 g/mol. The molecule has 2 rings (SSSR count). The van der Waals surface area contributed by atoms with E-state index in [1.807, 2.05) is 24.6 Å². The maximum absolute atomic E-state index is 13.1. The molecule has 0 aliphatic rings. The second-order valence-electron chi connectivity index (χ2n) is 4.28. The van der Waals surface area contributed by atoms with Crippen LogP contribution in [0.1, 0.15) is 19.0 Å². The Morgan fingerprint density at radius 1 is 1.21 bits per heavy atom. The van der Waals surface area contributed by atoms with Gasteiger partial charge in [-0.25, -0.2) is 18.2 Å². The molecule has 19 heavy (non-hydrogen) atoms. The summed E-state index contributed by atoms with van der Waals surface area (Å²) < 4.78 is 40.9. The highest BCUT2D eigenvalue weighted by Gasteiger charge is 2.12. The fourth-order valence-electron chi connectivity index (χ4n) is 1.81. The van der Waals surface area contributed by atoms with Crippen molar-refractivity contribution in [2.45, 2.75) is 26.8 Å². The smallest absolute Gasteiger partial charge is 0.207 e. The molecule has 2 aromatic rings. The van der Waals surface area contributed by atoms with E-state index >= 15 is 0 Å². The summed E-state index contributed by atoms with van der Waals surface area (Å²) in [5.74, 6) is -3.45. The van der Waals surface area contributed by atoms with Gasteiger partial charge in [-0.3, -0.25) is 0 Å². The molecule has 1 aromatic heterocycles. The summed E-state index contributed by atoms with van der Waals surface area (Å²) in [7, 11) is 0. The maximum atomic E-state index is 13.1. The predicted molar refractivity (Wildman–Crippen MR) is 66.9 cm³/mol. The molecule has 0 atom stereocenters. The van der Waals surface area contributed by atoms with Crippen LogP contribution in [-0.4, -0.2) is 9.55 Å². The molecule has 0 aliphatic heterocycles. The van der Waals surface area contributed by atoms with Crippen molar-refractivity contribution in [3.8, 4) is 0 Å². The molecule has 0 aliphatic carbocycles. The third-order valence-corrected chi connectivity index (χ3v) is 2.60. The highest BCUT2D eigenvalue weighted by atomic mass is 19.2. The summed E-state index contributed by atoms with van der Waals surface area (Å²) >= 11 is 0. The van der Waals surface area contributed by atoms with E-state index in [0.717, 1.165) is 30.8 Å². The Bertz CT molecular complexity index is 570. The first-order valence-corrected chi connectivity index (χ1v) is 5.96. The van der Waals surface area contributed by atoms with Crippen LogP contribution < -0.4 is 5.32 Å². The topological polar surface area (TPSA) is 29.9 Å². The molecule has 1 heterocycles. The number of aromatic nitrogens is 2. The van der Waals surface area contributed by atoms with Gasteiger partial charge in [0.05, 0.1) is 5.69 Å². The Balaban J connectivity index is 2.30. The average Bonchev–Trinajstić information content (AvgIpc) is 2.67. The van der Waals surface area contributed by atoms with Crippen LogP contribution in [0, 0.1) is 24.4 Å². The Hall–Kier alpha value is -1.98. The fraction of sp³-hybridized carbons (Fsp3) is 0.308. The van der Waals surface area contributed by atoms with Gasteiger partial charge in [-0.2, -0.15) is 0 Å². The van der Waals surface area contributed by atoms with Crippen LogP contribution in [0.15, 0.2) is 18.3 Å². The average molecular weight is 269 g/mol. The molecule has 1 aromatic carbocycles. The van der Waals surface area contributed by atoms with Gasteiger partial charge >= 0.3 is 0 Å². The molecular formula is C13H14F3N3. The number of benzene rings is 1. The summed E-state index contributed by atoms with van der Waals surface area (Å²) in [6.07, 6.45) is 2.73. The Labute approximate surface area is 109 Å². The van der Waals surface area contributed by atoms with Crippen LogP contribution in [0.4, 0.5) is 24.8 Å². The van der Waals surface area contributed by atoms with E-state index in [0.29, 0.717) is 5.95 Å². The molecule has 0 saturated heterocycles. The molecule has 1 N–H and O–H groups in total.